The van der Waals surface area contributed by atoms with Gasteiger partial charge >= 0.3 is 0 Å². The molecule has 0 atom stereocenters. The second-order valence-electron chi connectivity index (χ2n) is 6.45. The molecule has 2 rings (SSSR count). The second kappa shape index (κ2) is 2.42. The maximum atomic E-state index is 2.34. The summed E-state index contributed by atoms with van der Waals surface area (Å²) < 4.78 is 0. The van der Waals surface area contributed by atoms with Gasteiger partial charge in [-0.3, -0.25) is 0 Å². The van der Waals surface area contributed by atoms with Crippen LogP contribution in [0.15, 0.2) is 12.1 Å². The molecule has 0 heteroatoms. The molecule has 0 fully saturated rings. The van der Waals surface area contributed by atoms with Gasteiger partial charge in [0.05, 0.1) is 0 Å². The van der Waals surface area contributed by atoms with Gasteiger partial charge in [-0.05, 0) is 45.2 Å². The number of fused-ring (bicyclic) bond motifs is 1. The van der Waals surface area contributed by atoms with Gasteiger partial charge in [0, 0.05) is 0 Å². The lowest BCUT2D eigenvalue weighted by Gasteiger charge is -2.38. The smallest absolute Gasteiger partial charge is 0.0108 e. The Bertz CT molecular complexity index is 348. The zero-order valence-electron chi connectivity index (χ0n) is 10.2. The van der Waals surface area contributed by atoms with Crippen LogP contribution in [-0.2, 0) is 10.8 Å². The molecule has 0 saturated carbocycles. The van der Waals surface area contributed by atoms with Crippen molar-refractivity contribution in [2.75, 3.05) is 0 Å². The van der Waals surface area contributed by atoms with Gasteiger partial charge in [-0.25, -0.2) is 0 Å². The Morgan fingerprint density at radius 3 is 1.29 bits per heavy atom. The van der Waals surface area contributed by atoms with E-state index in [4.69, 9.17) is 0 Å². The van der Waals surface area contributed by atoms with Crippen molar-refractivity contribution in [2.45, 2.75) is 52.4 Å². The molecule has 0 heterocycles. The van der Waals surface area contributed by atoms with Gasteiger partial charge in [-0.15, -0.1) is 0 Å². The lowest BCUT2D eigenvalue weighted by Crippen LogP contribution is -2.25. The monoisotopic (exact) mass is 188 g/mol. The van der Waals surface area contributed by atoms with Crippen molar-refractivity contribution in [1.82, 2.24) is 0 Å². The Morgan fingerprint density at radius 2 is 1.07 bits per heavy atom. The minimum Gasteiger partial charge on any atom is -0.0561 e. The minimum absolute atomic E-state index is 0.309. The van der Waals surface area contributed by atoms with E-state index < -0.39 is 0 Å². The molecule has 0 bridgehead atoms. The van der Waals surface area contributed by atoms with Crippen LogP contribution in [0.1, 0.15) is 52.7 Å². The van der Waals surface area contributed by atoms with Gasteiger partial charge in [0.25, 0.3) is 0 Å². The first-order chi connectivity index (χ1) is 6.21. The average molecular weight is 188 g/mol. The van der Waals surface area contributed by atoms with E-state index in [1.165, 1.54) is 5.56 Å². The molecule has 2 aliphatic rings. The maximum absolute atomic E-state index is 2.34. The largest absolute Gasteiger partial charge is 0.0561 e. The maximum Gasteiger partial charge on any atom is -0.0108 e. The van der Waals surface area contributed by atoms with Crippen molar-refractivity contribution in [3.8, 4) is 11.1 Å². The molecule has 14 heavy (non-hydrogen) atoms. The summed E-state index contributed by atoms with van der Waals surface area (Å²) in [6.07, 6.45) is 0. The minimum atomic E-state index is 0.309. The highest BCUT2D eigenvalue weighted by Crippen LogP contribution is 2.50. The molecular weight excluding hydrogens is 168 g/mol. The summed E-state index contributed by atoms with van der Waals surface area (Å²) >= 11 is 0. The van der Waals surface area contributed by atoms with Crippen LogP contribution >= 0.6 is 0 Å². The molecule has 0 saturated heterocycles. The van der Waals surface area contributed by atoms with Crippen LogP contribution in [0.25, 0.3) is 11.1 Å². The van der Waals surface area contributed by atoms with E-state index in [1.54, 1.807) is 16.7 Å². The van der Waals surface area contributed by atoms with Gasteiger partial charge in [-0.2, -0.15) is 0 Å². The lowest BCUT2D eigenvalue weighted by molar-refractivity contribution is 0.563. The normalized spacial score (nSPS) is 14.4. The van der Waals surface area contributed by atoms with E-state index >= 15 is 0 Å². The summed E-state index contributed by atoms with van der Waals surface area (Å²) in [5, 5.41) is 0. The van der Waals surface area contributed by atoms with Crippen molar-refractivity contribution in [1.29, 1.82) is 0 Å². The van der Waals surface area contributed by atoms with E-state index in [1.807, 2.05) is 0 Å². The summed E-state index contributed by atoms with van der Waals surface area (Å²) in [7, 11) is 0. The quantitative estimate of drug-likeness (QED) is 0.579. The third-order valence-electron chi connectivity index (χ3n) is 3.04. The van der Waals surface area contributed by atoms with E-state index in [2.05, 4.69) is 53.7 Å². The van der Waals surface area contributed by atoms with Crippen molar-refractivity contribution in [3.05, 3.63) is 23.3 Å². The van der Waals surface area contributed by atoms with E-state index in [9.17, 15) is 0 Å². The Morgan fingerprint density at radius 1 is 0.714 bits per heavy atom. The molecule has 2 aliphatic carbocycles. The number of hydrogen-bond donors (Lipinski definition) is 0. The van der Waals surface area contributed by atoms with Gasteiger partial charge < -0.3 is 0 Å². The summed E-state index contributed by atoms with van der Waals surface area (Å²) in [6, 6.07) is 4.68. The van der Waals surface area contributed by atoms with Gasteiger partial charge in [0.15, 0.2) is 0 Å². The molecule has 0 spiro atoms. The first-order valence-electron chi connectivity index (χ1n) is 5.40. The van der Waals surface area contributed by atoms with Gasteiger partial charge in [-0.1, -0.05) is 41.5 Å². The predicted molar refractivity (Wildman–Crippen MR) is 62.8 cm³/mol. The fraction of sp³-hybridized carbons (Fsp3) is 0.571. The predicted octanol–water partition coefficient (Wildman–Crippen LogP) is 4.26. The molecule has 0 unspecified atom stereocenters. The zero-order valence-corrected chi connectivity index (χ0v) is 10.2. The summed E-state index contributed by atoms with van der Waals surface area (Å²) in [6.45, 7) is 13.8. The number of rotatable bonds is 0. The van der Waals surface area contributed by atoms with Crippen LogP contribution in [0.5, 0.6) is 0 Å². The second-order valence-corrected chi connectivity index (χ2v) is 6.45. The van der Waals surface area contributed by atoms with Crippen LogP contribution in [0.3, 0.4) is 0 Å². The standard InChI is InChI=1S/C14H20/c1-13(2,3)10-7-9-8-11(12(9)10)14(4,5)6/h7-8H,1-6H3. The third kappa shape index (κ3) is 1.20. The zero-order chi connectivity index (χ0) is 10.7. The average Bonchev–Trinajstić information content (AvgIpc) is 1.88. The summed E-state index contributed by atoms with van der Waals surface area (Å²) in [5.41, 5.74) is 6.73. The molecule has 0 nitrogen and oxygen atoms in total. The molecule has 0 radical (unpaired) electrons. The van der Waals surface area contributed by atoms with Crippen molar-refractivity contribution >= 4 is 0 Å². The van der Waals surface area contributed by atoms with Crippen LogP contribution in [0, 0.1) is 0 Å². The van der Waals surface area contributed by atoms with E-state index in [0.29, 0.717) is 10.8 Å². The third-order valence-corrected chi connectivity index (χ3v) is 3.04. The highest BCUT2D eigenvalue weighted by atomic mass is 14.4. The van der Waals surface area contributed by atoms with Crippen LogP contribution < -0.4 is 0 Å². The highest BCUT2D eigenvalue weighted by molar-refractivity contribution is 5.87. The first kappa shape index (κ1) is 9.76. The number of benzene rings is 1. The SMILES string of the molecule is CC(C)(C)c1cc2cc(C(C)(C)C)c1-2. The summed E-state index contributed by atoms with van der Waals surface area (Å²) in [4.78, 5) is 0. The van der Waals surface area contributed by atoms with Crippen LogP contribution in [0.2, 0.25) is 0 Å². The molecule has 0 aromatic carbocycles. The Hall–Kier alpha value is -0.780. The summed E-state index contributed by atoms with van der Waals surface area (Å²) in [5.74, 6) is 0. The molecule has 0 aliphatic heterocycles. The first-order valence-corrected chi connectivity index (χ1v) is 5.40. The van der Waals surface area contributed by atoms with Crippen molar-refractivity contribution < 1.29 is 0 Å². The fourth-order valence-corrected chi connectivity index (χ4v) is 2.12. The fourth-order valence-electron chi connectivity index (χ4n) is 2.12. The van der Waals surface area contributed by atoms with Crippen LogP contribution in [0.4, 0.5) is 0 Å². The van der Waals surface area contributed by atoms with E-state index in [-0.39, 0.29) is 0 Å². The lowest BCUT2D eigenvalue weighted by atomic mass is 9.66. The van der Waals surface area contributed by atoms with Crippen LogP contribution in [-0.4, -0.2) is 0 Å². The van der Waals surface area contributed by atoms with Crippen molar-refractivity contribution in [2.24, 2.45) is 0 Å². The highest BCUT2D eigenvalue weighted by Gasteiger charge is 2.34. The molecule has 0 aromatic heterocycles. The Labute approximate surface area is 87.3 Å². The Kier molecular flexibility index (Phi) is 1.69. The van der Waals surface area contributed by atoms with Crippen molar-refractivity contribution in [3.63, 3.8) is 0 Å². The van der Waals surface area contributed by atoms with Gasteiger partial charge in [0.1, 0.15) is 0 Å². The van der Waals surface area contributed by atoms with Gasteiger partial charge in [0.2, 0.25) is 0 Å². The Balaban J connectivity index is 2.45. The van der Waals surface area contributed by atoms with E-state index in [0.717, 1.165) is 0 Å². The topological polar surface area (TPSA) is 0 Å². The molecule has 0 aromatic rings. The molecule has 0 N–H and O–H groups in total. The molecule has 0 amide bonds. The number of hydrogen-bond acceptors (Lipinski definition) is 0. The molecule has 76 valence electrons. The molecular formula is C14H20.